The maximum Gasteiger partial charge on any atom is 0.263 e. The summed E-state index contributed by atoms with van der Waals surface area (Å²) in [5.41, 5.74) is 5.85. The third kappa shape index (κ3) is 4.18. The molecular formula is C30H31N2S3+. The second-order valence-electron chi connectivity index (χ2n) is 10.2. The molecule has 2 aliphatic rings. The third-order valence-electron chi connectivity index (χ3n) is 6.94. The van der Waals surface area contributed by atoms with Crippen molar-refractivity contribution in [3.63, 3.8) is 0 Å². The number of thioether (sulfide) groups is 1. The van der Waals surface area contributed by atoms with Crippen molar-refractivity contribution in [2.24, 2.45) is 5.41 Å². The van der Waals surface area contributed by atoms with Gasteiger partial charge < -0.3 is 4.90 Å². The number of thiazole rings is 1. The number of thiophene rings is 1. The van der Waals surface area contributed by atoms with Crippen LogP contribution in [0.15, 0.2) is 81.1 Å². The van der Waals surface area contributed by atoms with E-state index < -0.39 is 0 Å². The number of allylic oxidation sites excluding steroid dienone is 4. The molecule has 2 aromatic heterocycles. The van der Waals surface area contributed by atoms with Gasteiger partial charge in [0.05, 0.1) is 16.1 Å². The molecule has 0 saturated carbocycles. The van der Waals surface area contributed by atoms with Crippen LogP contribution in [0.2, 0.25) is 0 Å². The average Bonchev–Trinajstić information content (AvgIpc) is 3.51. The zero-order valence-corrected chi connectivity index (χ0v) is 23.2. The first-order valence-electron chi connectivity index (χ1n) is 12.5. The topological polar surface area (TPSA) is 7.12 Å². The van der Waals surface area contributed by atoms with E-state index in [0.29, 0.717) is 0 Å². The molecule has 0 atom stereocenters. The normalized spacial score (nSPS) is 19.8. The number of rotatable bonds is 4. The minimum atomic E-state index is 0.245. The van der Waals surface area contributed by atoms with E-state index in [-0.39, 0.29) is 5.41 Å². The fourth-order valence-corrected chi connectivity index (χ4v) is 8.78. The molecule has 0 spiro atoms. The molecule has 0 saturated heterocycles. The summed E-state index contributed by atoms with van der Waals surface area (Å²) in [5.74, 6) is 0. The van der Waals surface area contributed by atoms with Crippen molar-refractivity contribution in [2.75, 3.05) is 11.4 Å². The number of aryl methyl sites for hydroxylation is 1. The van der Waals surface area contributed by atoms with Crippen LogP contribution in [0.4, 0.5) is 5.69 Å². The van der Waals surface area contributed by atoms with E-state index in [9.17, 15) is 0 Å². The molecule has 5 heteroatoms. The zero-order chi connectivity index (χ0) is 24.2. The summed E-state index contributed by atoms with van der Waals surface area (Å²) in [4.78, 5) is 3.82. The molecule has 3 heterocycles. The van der Waals surface area contributed by atoms with E-state index in [2.05, 4.69) is 103 Å². The van der Waals surface area contributed by atoms with Crippen LogP contribution >= 0.6 is 34.4 Å². The van der Waals surface area contributed by atoms with Gasteiger partial charge in [-0.3, -0.25) is 0 Å². The molecule has 35 heavy (non-hydrogen) atoms. The van der Waals surface area contributed by atoms with Gasteiger partial charge >= 0.3 is 0 Å². The van der Waals surface area contributed by atoms with Crippen LogP contribution in [-0.4, -0.2) is 6.54 Å². The van der Waals surface area contributed by atoms with E-state index in [1.807, 2.05) is 34.4 Å². The number of hydrogen-bond donors (Lipinski definition) is 0. The van der Waals surface area contributed by atoms with Crippen molar-refractivity contribution in [3.8, 4) is 0 Å². The van der Waals surface area contributed by atoms with E-state index in [1.165, 1.54) is 52.1 Å². The average molecular weight is 516 g/mol. The molecule has 6 rings (SSSR count). The maximum absolute atomic E-state index is 2.51. The predicted molar refractivity (Wildman–Crippen MR) is 156 cm³/mol. The van der Waals surface area contributed by atoms with Gasteiger partial charge in [-0.15, -0.1) is 11.3 Å². The lowest BCUT2D eigenvalue weighted by Crippen LogP contribution is -2.33. The van der Waals surface area contributed by atoms with Gasteiger partial charge in [0.1, 0.15) is 11.2 Å². The Morgan fingerprint density at radius 2 is 1.83 bits per heavy atom. The minimum Gasteiger partial charge on any atom is -0.335 e. The molecule has 1 aliphatic carbocycles. The lowest BCUT2D eigenvalue weighted by molar-refractivity contribution is -0.664. The zero-order valence-electron chi connectivity index (χ0n) is 20.8. The standard InChI is InChI=1S/C30H31N2S3/c1-5-31-23-9-7-8-10-25(23)34-27(31)16-20-15-21(19-30(3,4)18-20)17-28-32(6-2)29-22-13-14-33-24(22)11-12-26(29)35-28/h7-17H,5-6,18-19H2,1-4H3/q+1. The fraction of sp³-hybridized carbons (Fsp3) is 0.300. The maximum atomic E-state index is 2.51. The molecule has 0 fully saturated rings. The van der Waals surface area contributed by atoms with Crippen molar-refractivity contribution in [1.29, 1.82) is 0 Å². The summed E-state index contributed by atoms with van der Waals surface area (Å²) in [6.45, 7) is 11.3. The van der Waals surface area contributed by atoms with Crippen LogP contribution in [0.5, 0.6) is 0 Å². The first kappa shape index (κ1) is 23.1. The first-order valence-corrected chi connectivity index (χ1v) is 15.0. The summed E-state index contributed by atoms with van der Waals surface area (Å²) in [5, 5.41) is 6.31. The van der Waals surface area contributed by atoms with Crippen LogP contribution < -0.4 is 9.47 Å². The van der Waals surface area contributed by atoms with Gasteiger partial charge in [-0.25, -0.2) is 0 Å². The van der Waals surface area contributed by atoms with Crippen LogP contribution in [0.3, 0.4) is 0 Å². The van der Waals surface area contributed by atoms with Crippen molar-refractivity contribution < 1.29 is 4.57 Å². The van der Waals surface area contributed by atoms with Gasteiger partial charge in [0.25, 0.3) is 5.01 Å². The fourth-order valence-electron chi connectivity index (χ4n) is 5.57. The van der Waals surface area contributed by atoms with Crippen LogP contribution in [-0.2, 0) is 6.54 Å². The van der Waals surface area contributed by atoms with Crippen LogP contribution in [0, 0.1) is 5.41 Å². The minimum absolute atomic E-state index is 0.245. The SMILES string of the molecule is CCN1/C(=C/C2=CC(=C/c3sc4ccc5sccc5c4[n+]3CC)/CC(C)(C)C2)Sc2ccccc21. The Balaban J connectivity index is 1.42. The summed E-state index contributed by atoms with van der Waals surface area (Å²) >= 11 is 5.66. The molecule has 0 N–H and O–H groups in total. The first-order chi connectivity index (χ1) is 17.0. The number of hydrogen-bond acceptors (Lipinski definition) is 4. The number of para-hydroxylation sites is 1. The molecule has 0 radical (unpaired) electrons. The van der Waals surface area contributed by atoms with Gasteiger partial charge in [0, 0.05) is 22.2 Å². The Kier molecular flexibility index (Phi) is 5.90. The second kappa shape index (κ2) is 8.95. The highest BCUT2D eigenvalue weighted by Gasteiger charge is 2.29. The number of nitrogens with zero attached hydrogens (tertiary/aromatic N) is 2. The Bertz CT molecular complexity index is 1530. The van der Waals surface area contributed by atoms with Gasteiger partial charge in [-0.05, 0) is 85.0 Å². The van der Waals surface area contributed by atoms with E-state index in [0.717, 1.165) is 25.9 Å². The number of aromatic nitrogens is 1. The third-order valence-corrected chi connectivity index (χ3v) is 10.0. The molecule has 4 aromatic rings. The number of anilines is 1. The molecule has 178 valence electrons. The molecule has 0 amide bonds. The van der Waals surface area contributed by atoms with Crippen LogP contribution in [0.1, 0.15) is 45.5 Å². The van der Waals surface area contributed by atoms with Gasteiger partial charge in [-0.1, -0.05) is 55.2 Å². The smallest absolute Gasteiger partial charge is 0.263 e. The van der Waals surface area contributed by atoms with Crippen molar-refractivity contribution in [1.82, 2.24) is 0 Å². The molecule has 2 nitrogen and oxygen atoms in total. The van der Waals surface area contributed by atoms with Gasteiger partial charge in [-0.2, -0.15) is 4.57 Å². The van der Waals surface area contributed by atoms with Crippen molar-refractivity contribution >= 4 is 66.5 Å². The van der Waals surface area contributed by atoms with Gasteiger partial charge in [0.15, 0.2) is 0 Å². The van der Waals surface area contributed by atoms with Crippen LogP contribution in [0.25, 0.3) is 26.4 Å². The lowest BCUT2D eigenvalue weighted by atomic mass is 9.75. The molecule has 0 bridgehead atoms. The predicted octanol–water partition coefficient (Wildman–Crippen LogP) is 9.03. The summed E-state index contributed by atoms with van der Waals surface area (Å²) in [6.07, 6.45) is 9.57. The Morgan fingerprint density at radius 3 is 2.66 bits per heavy atom. The Morgan fingerprint density at radius 1 is 1.00 bits per heavy atom. The van der Waals surface area contributed by atoms with E-state index >= 15 is 0 Å². The highest BCUT2D eigenvalue weighted by Crippen LogP contribution is 2.47. The lowest BCUT2D eigenvalue weighted by Gasteiger charge is -2.31. The summed E-state index contributed by atoms with van der Waals surface area (Å²) < 4.78 is 5.27. The monoisotopic (exact) mass is 515 g/mol. The van der Waals surface area contributed by atoms with E-state index in [4.69, 9.17) is 0 Å². The van der Waals surface area contributed by atoms with Crippen molar-refractivity contribution in [2.45, 2.75) is 52.0 Å². The summed E-state index contributed by atoms with van der Waals surface area (Å²) in [7, 11) is 0. The molecular weight excluding hydrogens is 485 g/mol. The number of fused-ring (bicyclic) bond motifs is 4. The highest BCUT2D eigenvalue weighted by atomic mass is 32.2. The van der Waals surface area contributed by atoms with Crippen molar-refractivity contribution in [3.05, 3.63) is 81.2 Å². The Hall–Kier alpha value is -2.34. The van der Waals surface area contributed by atoms with E-state index in [1.54, 1.807) is 0 Å². The quantitative estimate of drug-likeness (QED) is 0.250. The molecule has 1 aliphatic heterocycles. The molecule has 0 unspecified atom stereocenters. The highest BCUT2D eigenvalue weighted by molar-refractivity contribution is 8.03. The van der Waals surface area contributed by atoms with Gasteiger partial charge in [0.2, 0.25) is 5.52 Å². The summed E-state index contributed by atoms with van der Waals surface area (Å²) in [6, 6.07) is 15.6. The largest absolute Gasteiger partial charge is 0.335 e. The number of benzene rings is 2. The second-order valence-corrected chi connectivity index (χ2v) is 13.3. The molecule has 2 aromatic carbocycles. The Labute approximate surface area is 220 Å².